The number of methoxy groups -OCH3 is 3. The van der Waals surface area contributed by atoms with Gasteiger partial charge in [0.1, 0.15) is 22.2 Å². The van der Waals surface area contributed by atoms with Crippen LogP contribution >= 0.6 is 11.3 Å². The lowest BCUT2D eigenvalue weighted by Crippen LogP contribution is -2.44. The lowest BCUT2D eigenvalue weighted by Gasteiger charge is -2.23. The fourth-order valence-corrected chi connectivity index (χ4v) is 5.42. The summed E-state index contributed by atoms with van der Waals surface area (Å²) in [4.78, 5) is 43.8. The van der Waals surface area contributed by atoms with Gasteiger partial charge in [0.15, 0.2) is 0 Å². The number of hydrogen-bond donors (Lipinski definition) is 1. The van der Waals surface area contributed by atoms with Crippen LogP contribution in [-0.2, 0) is 27.9 Å². The molecule has 0 saturated carbocycles. The topological polar surface area (TPSA) is 144 Å². The van der Waals surface area contributed by atoms with Gasteiger partial charge in [-0.3, -0.25) is 9.59 Å². The minimum absolute atomic E-state index is 0.0704. The first-order valence-electron chi connectivity index (χ1n) is 12.4. The van der Waals surface area contributed by atoms with E-state index >= 15 is 0 Å². The first kappa shape index (κ1) is 31.4. The average molecular weight is 605 g/mol. The highest BCUT2D eigenvalue weighted by atomic mass is 32.2. The molecule has 0 saturated heterocycles. The molecule has 3 amide bonds. The molecule has 220 valence electrons. The molecule has 41 heavy (non-hydrogen) atoms. The van der Waals surface area contributed by atoms with Crippen molar-refractivity contribution in [2.24, 2.45) is 0 Å². The summed E-state index contributed by atoms with van der Waals surface area (Å²) in [5.74, 6) is -0.244. The third-order valence-electron chi connectivity index (χ3n) is 6.16. The molecule has 3 aromatic rings. The highest BCUT2D eigenvalue weighted by Crippen LogP contribution is 2.30. The Morgan fingerprint density at radius 1 is 1.00 bits per heavy atom. The van der Waals surface area contributed by atoms with Gasteiger partial charge in [-0.2, -0.15) is 8.42 Å². The molecule has 0 radical (unpaired) electrons. The standard InChI is InChI=1S/C27H32N4O8S2/c1-18-22(37-3)14-20(15-23(18)38-4)25(32)31(13-9-12-19-10-7-6-8-11-19)16-24-28-21(17-40-24)26(33)30(2)41(35,36)29-27(34)39-5/h6-8,10-11,14-15,17H,9,12-13,16H2,1-5H3,(H,29,34). The normalized spacial score (nSPS) is 11.0. The van der Waals surface area contributed by atoms with Crippen LogP contribution in [0, 0.1) is 6.92 Å². The Hall–Kier alpha value is -4.17. The number of benzene rings is 2. The number of nitrogens with one attached hydrogen (secondary N) is 1. The molecule has 1 N–H and O–H groups in total. The molecule has 12 nitrogen and oxygen atoms in total. The number of nitrogens with zero attached hydrogens (tertiary/aromatic N) is 3. The molecule has 0 unspecified atom stereocenters. The number of thiazole rings is 1. The second-order valence-electron chi connectivity index (χ2n) is 8.82. The number of rotatable bonds is 12. The van der Waals surface area contributed by atoms with Gasteiger partial charge in [0, 0.05) is 30.1 Å². The predicted molar refractivity (Wildman–Crippen MR) is 152 cm³/mol. The van der Waals surface area contributed by atoms with E-state index in [9.17, 15) is 22.8 Å². The summed E-state index contributed by atoms with van der Waals surface area (Å²) in [7, 11) is 0.511. The molecule has 0 aliphatic heterocycles. The van der Waals surface area contributed by atoms with Crippen molar-refractivity contribution in [2.75, 3.05) is 34.9 Å². The van der Waals surface area contributed by atoms with Crippen LogP contribution in [0.3, 0.4) is 0 Å². The summed E-state index contributed by atoms with van der Waals surface area (Å²) >= 11 is 1.10. The summed E-state index contributed by atoms with van der Waals surface area (Å²) < 4.78 is 41.7. The quantitative estimate of drug-likeness (QED) is 0.329. The second-order valence-corrected chi connectivity index (χ2v) is 11.5. The van der Waals surface area contributed by atoms with Crippen LogP contribution in [0.5, 0.6) is 11.5 Å². The highest BCUT2D eigenvalue weighted by Gasteiger charge is 2.29. The zero-order valence-electron chi connectivity index (χ0n) is 23.4. The van der Waals surface area contributed by atoms with Crippen LogP contribution in [0.25, 0.3) is 0 Å². The Morgan fingerprint density at radius 2 is 1.63 bits per heavy atom. The average Bonchev–Trinajstić information content (AvgIpc) is 3.44. The highest BCUT2D eigenvalue weighted by molar-refractivity contribution is 7.88. The van der Waals surface area contributed by atoms with Gasteiger partial charge in [0.2, 0.25) is 0 Å². The third-order valence-corrected chi connectivity index (χ3v) is 8.31. The Kier molecular flexibility index (Phi) is 10.7. The molecule has 0 fully saturated rings. The monoisotopic (exact) mass is 604 g/mol. The first-order valence-corrected chi connectivity index (χ1v) is 14.7. The largest absolute Gasteiger partial charge is 0.496 e. The van der Waals surface area contributed by atoms with Crippen molar-refractivity contribution in [1.29, 1.82) is 0 Å². The van der Waals surface area contributed by atoms with E-state index in [1.165, 1.54) is 19.6 Å². The van der Waals surface area contributed by atoms with Gasteiger partial charge in [-0.1, -0.05) is 30.3 Å². The van der Waals surface area contributed by atoms with Crippen LogP contribution in [0.2, 0.25) is 0 Å². The molecule has 14 heteroatoms. The maximum Gasteiger partial charge on any atom is 0.422 e. The lowest BCUT2D eigenvalue weighted by molar-refractivity contribution is 0.0740. The Balaban J connectivity index is 1.85. The van der Waals surface area contributed by atoms with Gasteiger partial charge >= 0.3 is 16.3 Å². The van der Waals surface area contributed by atoms with E-state index in [1.54, 1.807) is 21.8 Å². The lowest BCUT2D eigenvalue weighted by atomic mass is 10.1. The maximum atomic E-state index is 13.7. The Bertz CT molecular complexity index is 1470. The van der Waals surface area contributed by atoms with Gasteiger partial charge in [-0.05, 0) is 37.5 Å². The van der Waals surface area contributed by atoms with Gasteiger partial charge in [0.05, 0.1) is 27.9 Å². The summed E-state index contributed by atoms with van der Waals surface area (Å²) in [6, 6.07) is 13.2. The first-order chi connectivity index (χ1) is 19.5. The molecule has 0 spiro atoms. The Morgan fingerprint density at radius 3 is 2.22 bits per heavy atom. The molecule has 0 bridgehead atoms. The number of aromatic nitrogens is 1. The molecule has 0 aliphatic carbocycles. The Labute approximate surface area is 243 Å². The van der Waals surface area contributed by atoms with E-state index in [0.29, 0.717) is 39.3 Å². The zero-order chi connectivity index (χ0) is 30.2. The van der Waals surface area contributed by atoms with Crippen LogP contribution in [0.4, 0.5) is 4.79 Å². The molecule has 0 atom stereocenters. The minimum atomic E-state index is -4.50. The van der Waals surface area contributed by atoms with E-state index in [0.717, 1.165) is 43.0 Å². The van der Waals surface area contributed by atoms with Crippen molar-refractivity contribution in [3.63, 3.8) is 0 Å². The smallest absolute Gasteiger partial charge is 0.422 e. The molecule has 2 aromatic carbocycles. The summed E-state index contributed by atoms with van der Waals surface area (Å²) in [6.45, 7) is 2.28. The zero-order valence-corrected chi connectivity index (χ0v) is 25.0. The van der Waals surface area contributed by atoms with E-state index in [1.807, 2.05) is 37.3 Å². The van der Waals surface area contributed by atoms with Crippen molar-refractivity contribution >= 4 is 39.5 Å². The third kappa shape index (κ3) is 7.95. The van der Waals surface area contributed by atoms with Crippen molar-refractivity contribution in [2.45, 2.75) is 26.3 Å². The molecule has 1 heterocycles. The summed E-state index contributed by atoms with van der Waals surface area (Å²) in [5.41, 5.74) is 2.09. The summed E-state index contributed by atoms with van der Waals surface area (Å²) in [5, 5.41) is 1.81. The van der Waals surface area contributed by atoms with E-state index < -0.39 is 22.2 Å². The van der Waals surface area contributed by atoms with Crippen molar-refractivity contribution < 1.29 is 37.0 Å². The maximum absolute atomic E-state index is 13.7. The van der Waals surface area contributed by atoms with Crippen LogP contribution in [0.15, 0.2) is 47.8 Å². The van der Waals surface area contributed by atoms with Crippen molar-refractivity contribution in [3.05, 3.63) is 75.2 Å². The van der Waals surface area contributed by atoms with Gasteiger partial charge in [0.25, 0.3) is 11.8 Å². The van der Waals surface area contributed by atoms with E-state index in [-0.39, 0.29) is 18.1 Å². The van der Waals surface area contributed by atoms with Crippen LogP contribution < -0.4 is 14.2 Å². The molecule has 3 rings (SSSR count). The number of ether oxygens (including phenoxy) is 3. The number of carbonyl (C=O) groups is 3. The van der Waals surface area contributed by atoms with E-state index in [2.05, 4.69) is 9.72 Å². The van der Waals surface area contributed by atoms with Gasteiger partial charge < -0.3 is 19.1 Å². The van der Waals surface area contributed by atoms with Crippen LogP contribution in [0.1, 0.15) is 43.4 Å². The predicted octanol–water partition coefficient (Wildman–Crippen LogP) is 3.42. The molecule has 0 aliphatic rings. The molecule has 1 aromatic heterocycles. The van der Waals surface area contributed by atoms with E-state index in [4.69, 9.17) is 9.47 Å². The molecular weight excluding hydrogens is 572 g/mol. The number of carbonyl (C=O) groups excluding carboxylic acids is 3. The summed E-state index contributed by atoms with van der Waals surface area (Å²) in [6.07, 6.45) is 0.160. The number of aryl methyl sites for hydroxylation is 1. The second kappa shape index (κ2) is 13.9. The number of amides is 3. The fourth-order valence-electron chi connectivity index (χ4n) is 3.89. The number of hydrogen-bond acceptors (Lipinski definition) is 10. The fraction of sp³-hybridized carbons (Fsp3) is 0.333. The molecular formula is C27H32N4O8S2. The van der Waals surface area contributed by atoms with Crippen molar-refractivity contribution in [1.82, 2.24) is 18.9 Å². The van der Waals surface area contributed by atoms with Crippen molar-refractivity contribution in [3.8, 4) is 11.5 Å². The minimum Gasteiger partial charge on any atom is -0.496 e. The SMILES string of the molecule is COC(=O)NS(=O)(=O)N(C)C(=O)c1csc(CN(CCCc2ccccc2)C(=O)c2cc(OC)c(C)c(OC)c2)n1. The van der Waals surface area contributed by atoms with Gasteiger partial charge in [-0.15, -0.1) is 11.3 Å². The van der Waals surface area contributed by atoms with Gasteiger partial charge in [-0.25, -0.2) is 18.8 Å². The van der Waals surface area contributed by atoms with Crippen LogP contribution in [-0.4, -0.2) is 75.4 Å².